The Balaban J connectivity index is 2.68. The maximum absolute atomic E-state index is 9.68. The molecule has 2 heterocycles. The number of aromatic nitrogens is 3. The quantitative estimate of drug-likeness (QED) is 0.742. The van der Waals surface area contributed by atoms with Gasteiger partial charge in [0.15, 0.2) is 5.65 Å². The molecule has 5 heteroatoms. The Morgan fingerprint density at radius 2 is 2.27 bits per heavy atom. The van der Waals surface area contributed by atoms with Crippen molar-refractivity contribution < 1.29 is 5.11 Å². The summed E-state index contributed by atoms with van der Waals surface area (Å²) in [7, 11) is 0. The molecule has 0 radical (unpaired) electrons. The van der Waals surface area contributed by atoms with Gasteiger partial charge in [0.1, 0.15) is 0 Å². The zero-order valence-electron chi connectivity index (χ0n) is 8.81. The van der Waals surface area contributed by atoms with E-state index < -0.39 is 6.10 Å². The molecule has 0 aliphatic rings. The van der Waals surface area contributed by atoms with Gasteiger partial charge in [-0.15, -0.1) is 0 Å². The third kappa shape index (κ3) is 1.60. The van der Waals surface area contributed by atoms with Gasteiger partial charge in [-0.25, -0.2) is 9.50 Å². The zero-order chi connectivity index (χ0) is 11.0. The number of aryl methyl sites for hydroxylation is 2. The van der Waals surface area contributed by atoms with E-state index in [9.17, 15) is 5.11 Å². The number of aliphatic hydroxyl groups excluding tert-OH is 1. The van der Waals surface area contributed by atoms with Crippen molar-refractivity contribution in [3.63, 3.8) is 0 Å². The summed E-state index contributed by atoms with van der Waals surface area (Å²) in [5.74, 6) is 0. The molecule has 15 heavy (non-hydrogen) atoms. The lowest BCUT2D eigenvalue weighted by molar-refractivity contribution is 0.188. The van der Waals surface area contributed by atoms with E-state index in [-0.39, 0.29) is 6.54 Å². The minimum Gasteiger partial charge on any atom is -0.387 e. The monoisotopic (exact) mass is 206 g/mol. The van der Waals surface area contributed by atoms with Crippen LogP contribution in [-0.2, 0) is 0 Å². The lowest BCUT2D eigenvalue weighted by atomic mass is 10.2. The first-order valence-electron chi connectivity index (χ1n) is 4.83. The fourth-order valence-corrected chi connectivity index (χ4v) is 1.65. The number of nitrogens with zero attached hydrogens (tertiary/aromatic N) is 3. The number of aliphatic hydroxyl groups is 1. The Morgan fingerprint density at radius 1 is 1.53 bits per heavy atom. The Bertz CT molecular complexity index is 491. The van der Waals surface area contributed by atoms with Crippen LogP contribution in [0.2, 0.25) is 0 Å². The third-order valence-corrected chi connectivity index (χ3v) is 2.39. The molecule has 0 amide bonds. The van der Waals surface area contributed by atoms with Gasteiger partial charge in [-0.3, -0.25) is 0 Å². The summed E-state index contributed by atoms with van der Waals surface area (Å²) in [4.78, 5) is 4.35. The Labute approximate surface area is 87.6 Å². The van der Waals surface area contributed by atoms with E-state index in [0.29, 0.717) is 11.2 Å². The molecule has 2 rings (SSSR count). The molecule has 0 bridgehead atoms. The van der Waals surface area contributed by atoms with Crippen LogP contribution in [0.15, 0.2) is 12.3 Å². The number of fused-ring (bicyclic) bond motifs is 1. The maximum atomic E-state index is 9.68. The van der Waals surface area contributed by atoms with Gasteiger partial charge in [0, 0.05) is 23.5 Å². The van der Waals surface area contributed by atoms with Gasteiger partial charge in [0.05, 0.1) is 12.3 Å². The van der Waals surface area contributed by atoms with Crippen molar-refractivity contribution in [2.75, 3.05) is 6.54 Å². The smallest absolute Gasteiger partial charge is 0.161 e. The predicted molar refractivity (Wildman–Crippen MR) is 56.5 cm³/mol. The van der Waals surface area contributed by atoms with E-state index in [1.807, 2.05) is 19.9 Å². The Morgan fingerprint density at radius 3 is 2.93 bits per heavy atom. The van der Waals surface area contributed by atoms with Gasteiger partial charge in [-0.2, -0.15) is 5.10 Å². The van der Waals surface area contributed by atoms with Crippen LogP contribution >= 0.6 is 0 Å². The maximum Gasteiger partial charge on any atom is 0.161 e. The van der Waals surface area contributed by atoms with Crippen LogP contribution < -0.4 is 5.73 Å². The number of hydrogen-bond donors (Lipinski definition) is 2. The molecule has 0 aliphatic heterocycles. The summed E-state index contributed by atoms with van der Waals surface area (Å²) < 4.78 is 1.71. The second-order valence-corrected chi connectivity index (χ2v) is 3.63. The zero-order valence-corrected chi connectivity index (χ0v) is 8.81. The summed E-state index contributed by atoms with van der Waals surface area (Å²) in [6.07, 6.45) is 0.919. The molecular weight excluding hydrogens is 192 g/mol. The normalized spacial score (nSPS) is 13.3. The molecule has 1 unspecified atom stereocenters. The van der Waals surface area contributed by atoms with Gasteiger partial charge >= 0.3 is 0 Å². The van der Waals surface area contributed by atoms with E-state index in [1.54, 1.807) is 10.7 Å². The van der Waals surface area contributed by atoms with Crippen molar-refractivity contribution >= 4 is 5.65 Å². The highest BCUT2D eigenvalue weighted by Gasteiger charge is 2.14. The van der Waals surface area contributed by atoms with Gasteiger partial charge in [-0.1, -0.05) is 0 Å². The van der Waals surface area contributed by atoms with Crippen molar-refractivity contribution in [2.24, 2.45) is 5.73 Å². The molecule has 0 saturated carbocycles. The van der Waals surface area contributed by atoms with Crippen molar-refractivity contribution in [1.29, 1.82) is 0 Å². The van der Waals surface area contributed by atoms with Crippen LogP contribution in [0.1, 0.15) is 23.1 Å². The molecule has 3 N–H and O–H groups in total. The van der Waals surface area contributed by atoms with Crippen molar-refractivity contribution in [1.82, 2.24) is 14.6 Å². The molecule has 0 fully saturated rings. The van der Waals surface area contributed by atoms with Crippen LogP contribution in [0.25, 0.3) is 5.65 Å². The number of rotatable bonds is 2. The first-order chi connectivity index (χ1) is 7.13. The summed E-state index contributed by atoms with van der Waals surface area (Å²) in [6.45, 7) is 4.04. The second kappa shape index (κ2) is 3.60. The molecule has 2 aromatic rings. The van der Waals surface area contributed by atoms with Crippen molar-refractivity contribution in [2.45, 2.75) is 20.0 Å². The summed E-state index contributed by atoms with van der Waals surface area (Å²) >= 11 is 0. The van der Waals surface area contributed by atoms with Crippen molar-refractivity contribution in [3.8, 4) is 0 Å². The average Bonchev–Trinajstić information content (AvgIpc) is 2.60. The van der Waals surface area contributed by atoms with Crippen LogP contribution in [-0.4, -0.2) is 26.2 Å². The molecule has 1 atom stereocenters. The molecule has 0 aromatic carbocycles. The fraction of sp³-hybridized carbons (Fsp3) is 0.400. The van der Waals surface area contributed by atoms with Gasteiger partial charge in [0.25, 0.3) is 0 Å². The topological polar surface area (TPSA) is 76.4 Å². The minimum atomic E-state index is -0.698. The number of nitrogens with two attached hydrogens (primary N) is 1. The molecule has 0 saturated heterocycles. The van der Waals surface area contributed by atoms with Gasteiger partial charge in [0.2, 0.25) is 0 Å². The fourth-order valence-electron chi connectivity index (χ4n) is 1.65. The lowest BCUT2D eigenvalue weighted by Gasteiger charge is -2.06. The van der Waals surface area contributed by atoms with E-state index >= 15 is 0 Å². The Hall–Kier alpha value is -1.46. The first kappa shape index (κ1) is 10.1. The minimum absolute atomic E-state index is 0.177. The van der Waals surface area contributed by atoms with Crippen LogP contribution in [0.4, 0.5) is 0 Å². The lowest BCUT2D eigenvalue weighted by Crippen LogP contribution is -2.11. The van der Waals surface area contributed by atoms with E-state index in [2.05, 4.69) is 10.1 Å². The van der Waals surface area contributed by atoms with E-state index in [4.69, 9.17) is 5.73 Å². The third-order valence-electron chi connectivity index (χ3n) is 2.39. The van der Waals surface area contributed by atoms with Crippen LogP contribution in [0, 0.1) is 13.8 Å². The molecule has 0 aliphatic carbocycles. The molecule has 5 nitrogen and oxygen atoms in total. The SMILES string of the molecule is Cc1cc(C)n2ncc(C(O)CN)c2n1. The average molecular weight is 206 g/mol. The first-order valence-corrected chi connectivity index (χ1v) is 4.83. The molecule has 0 spiro atoms. The molecular formula is C10H14N4O. The van der Waals surface area contributed by atoms with Gasteiger partial charge < -0.3 is 10.8 Å². The second-order valence-electron chi connectivity index (χ2n) is 3.63. The highest BCUT2D eigenvalue weighted by atomic mass is 16.3. The largest absolute Gasteiger partial charge is 0.387 e. The highest BCUT2D eigenvalue weighted by Crippen LogP contribution is 2.17. The Kier molecular flexibility index (Phi) is 2.42. The molecule has 2 aromatic heterocycles. The number of hydrogen-bond acceptors (Lipinski definition) is 4. The summed E-state index contributed by atoms with van der Waals surface area (Å²) in [5.41, 5.74) is 8.69. The molecule has 80 valence electrons. The standard InChI is InChI=1S/C10H14N4O/c1-6-3-7(2)14-10(13-6)8(5-12-14)9(15)4-11/h3,5,9,15H,4,11H2,1-2H3. The predicted octanol–water partition coefficient (Wildman–Crippen LogP) is 0.338. The summed E-state index contributed by atoms with van der Waals surface area (Å²) in [6, 6.07) is 1.94. The van der Waals surface area contributed by atoms with Crippen LogP contribution in [0.3, 0.4) is 0 Å². The summed E-state index contributed by atoms with van der Waals surface area (Å²) in [5, 5.41) is 13.8. The highest BCUT2D eigenvalue weighted by molar-refractivity contribution is 5.49. The van der Waals surface area contributed by atoms with E-state index in [0.717, 1.165) is 11.4 Å². The van der Waals surface area contributed by atoms with E-state index in [1.165, 1.54) is 0 Å². The van der Waals surface area contributed by atoms with Crippen LogP contribution in [0.5, 0.6) is 0 Å². The van der Waals surface area contributed by atoms with Gasteiger partial charge in [-0.05, 0) is 19.9 Å². The van der Waals surface area contributed by atoms with Crippen molar-refractivity contribution in [3.05, 3.63) is 29.2 Å².